The molecule has 0 saturated carbocycles. The average molecular weight is 285 g/mol. The molecule has 5 nitrogen and oxygen atoms in total. The number of amides is 1. The standard InChI is InChI=1S/C11H10Cl2N4O/c12-7-1-2-10(9(14)3-7)16-11(18)6-17-5-8(13)4-15-17/h1-5H,6,14H2,(H,16,18). The first kappa shape index (κ1) is 12.7. The highest BCUT2D eigenvalue weighted by Gasteiger charge is 2.07. The van der Waals surface area contributed by atoms with Gasteiger partial charge in [0.15, 0.2) is 0 Å². The third kappa shape index (κ3) is 3.15. The zero-order valence-corrected chi connectivity index (χ0v) is 10.7. The van der Waals surface area contributed by atoms with Crippen molar-refractivity contribution in [2.24, 2.45) is 0 Å². The van der Waals surface area contributed by atoms with Gasteiger partial charge in [-0.25, -0.2) is 0 Å². The third-order valence-electron chi connectivity index (χ3n) is 2.20. The number of nitrogens with one attached hydrogen (secondary N) is 1. The number of aromatic nitrogens is 2. The van der Waals surface area contributed by atoms with Gasteiger partial charge in [-0.1, -0.05) is 23.2 Å². The molecule has 0 atom stereocenters. The fraction of sp³-hybridized carbons (Fsp3) is 0.0909. The van der Waals surface area contributed by atoms with Crippen molar-refractivity contribution in [1.29, 1.82) is 0 Å². The molecule has 0 spiro atoms. The van der Waals surface area contributed by atoms with Crippen molar-refractivity contribution in [2.75, 3.05) is 11.1 Å². The fourth-order valence-corrected chi connectivity index (χ4v) is 1.75. The lowest BCUT2D eigenvalue weighted by atomic mass is 10.2. The molecule has 0 aliphatic rings. The Morgan fingerprint density at radius 2 is 2.17 bits per heavy atom. The molecule has 1 heterocycles. The van der Waals surface area contributed by atoms with Crippen LogP contribution >= 0.6 is 23.2 Å². The van der Waals surface area contributed by atoms with Crippen LogP contribution in [0.15, 0.2) is 30.6 Å². The van der Waals surface area contributed by atoms with E-state index in [9.17, 15) is 4.79 Å². The Morgan fingerprint density at radius 1 is 1.39 bits per heavy atom. The van der Waals surface area contributed by atoms with E-state index in [0.29, 0.717) is 21.4 Å². The van der Waals surface area contributed by atoms with Crippen LogP contribution in [0, 0.1) is 0 Å². The van der Waals surface area contributed by atoms with Crippen molar-refractivity contribution in [3.63, 3.8) is 0 Å². The summed E-state index contributed by atoms with van der Waals surface area (Å²) in [6.45, 7) is 0.0643. The Kier molecular flexibility index (Phi) is 3.74. The van der Waals surface area contributed by atoms with Crippen LogP contribution in [0.5, 0.6) is 0 Å². The molecule has 1 amide bonds. The highest BCUT2D eigenvalue weighted by Crippen LogP contribution is 2.22. The Hall–Kier alpha value is -1.72. The summed E-state index contributed by atoms with van der Waals surface area (Å²) in [6, 6.07) is 4.87. The number of carbonyl (C=O) groups is 1. The summed E-state index contributed by atoms with van der Waals surface area (Å²) in [7, 11) is 0. The van der Waals surface area contributed by atoms with E-state index in [-0.39, 0.29) is 12.5 Å². The van der Waals surface area contributed by atoms with Gasteiger partial charge in [0.2, 0.25) is 5.91 Å². The van der Waals surface area contributed by atoms with E-state index in [1.165, 1.54) is 10.9 Å². The molecule has 0 aliphatic carbocycles. The molecule has 94 valence electrons. The van der Waals surface area contributed by atoms with Gasteiger partial charge >= 0.3 is 0 Å². The van der Waals surface area contributed by atoms with Crippen LogP contribution in [0.2, 0.25) is 10.0 Å². The maximum Gasteiger partial charge on any atom is 0.246 e. The molecule has 7 heteroatoms. The summed E-state index contributed by atoms with van der Waals surface area (Å²) in [4.78, 5) is 11.7. The molecule has 2 aromatic rings. The van der Waals surface area contributed by atoms with Crippen molar-refractivity contribution in [3.8, 4) is 0 Å². The van der Waals surface area contributed by atoms with Gasteiger partial charge in [-0.3, -0.25) is 9.48 Å². The van der Waals surface area contributed by atoms with E-state index < -0.39 is 0 Å². The Morgan fingerprint density at radius 3 is 2.78 bits per heavy atom. The third-order valence-corrected chi connectivity index (χ3v) is 2.63. The summed E-state index contributed by atoms with van der Waals surface area (Å²) in [6.07, 6.45) is 3.03. The molecular weight excluding hydrogens is 275 g/mol. The van der Waals surface area contributed by atoms with Gasteiger partial charge in [0, 0.05) is 11.2 Å². The van der Waals surface area contributed by atoms with Crippen LogP contribution < -0.4 is 11.1 Å². The average Bonchev–Trinajstić information content (AvgIpc) is 2.68. The number of hydrogen-bond donors (Lipinski definition) is 2. The minimum atomic E-state index is -0.246. The van der Waals surface area contributed by atoms with Crippen molar-refractivity contribution in [3.05, 3.63) is 40.6 Å². The van der Waals surface area contributed by atoms with Gasteiger partial charge in [0.1, 0.15) is 6.54 Å². The van der Waals surface area contributed by atoms with Crippen molar-refractivity contribution < 1.29 is 4.79 Å². The quantitative estimate of drug-likeness (QED) is 0.850. The molecular formula is C11H10Cl2N4O. The number of hydrogen-bond acceptors (Lipinski definition) is 3. The zero-order chi connectivity index (χ0) is 13.1. The lowest BCUT2D eigenvalue weighted by Crippen LogP contribution is -2.19. The van der Waals surface area contributed by atoms with Crippen LogP contribution in [0.3, 0.4) is 0 Å². The highest BCUT2D eigenvalue weighted by molar-refractivity contribution is 6.31. The topological polar surface area (TPSA) is 72.9 Å². The summed E-state index contributed by atoms with van der Waals surface area (Å²) < 4.78 is 1.43. The number of nitrogen functional groups attached to an aromatic ring is 1. The maximum absolute atomic E-state index is 11.7. The van der Waals surface area contributed by atoms with Gasteiger partial charge in [-0.15, -0.1) is 0 Å². The highest BCUT2D eigenvalue weighted by atomic mass is 35.5. The second kappa shape index (κ2) is 5.29. The van der Waals surface area contributed by atoms with Gasteiger partial charge < -0.3 is 11.1 Å². The molecule has 1 aromatic carbocycles. The fourth-order valence-electron chi connectivity index (χ4n) is 1.41. The minimum Gasteiger partial charge on any atom is -0.397 e. The van der Waals surface area contributed by atoms with Gasteiger partial charge in [0.05, 0.1) is 22.6 Å². The lowest BCUT2D eigenvalue weighted by Gasteiger charge is -2.08. The number of rotatable bonds is 3. The molecule has 3 N–H and O–H groups in total. The van der Waals surface area contributed by atoms with Crippen LogP contribution in [0.1, 0.15) is 0 Å². The molecule has 0 unspecified atom stereocenters. The molecule has 18 heavy (non-hydrogen) atoms. The number of nitrogens with two attached hydrogens (primary N) is 1. The summed E-state index contributed by atoms with van der Waals surface area (Å²) in [5.74, 6) is -0.246. The molecule has 0 radical (unpaired) electrons. The van der Waals surface area contributed by atoms with Gasteiger partial charge in [-0.05, 0) is 18.2 Å². The molecule has 0 saturated heterocycles. The van der Waals surface area contributed by atoms with E-state index in [1.54, 1.807) is 24.4 Å². The normalized spacial score (nSPS) is 10.3. The van der Waals surface area contributed by atoms with Crippen LogP contribution in [0.25, 0.3) is 0 Å². The lowest BCUT2D eigenvalue weighted by molar-refractivity contribution is -0.116. The van der Waals surface area contributed by atoms with Crippen LogP contribution in [-0.4, -0.2) is 15.7 Å². The first-order valence-corrected chi connectivity index (χ1v) is 5.83. The number of nitrogens with zero attached hydrogens (tertiary/aromatic N) is 2. The Balaban J connectivity index is 2.03. The predicted molar refractivity (Wildman–Crippen MR) is 71.7 cm³/mol. The van der Waals surface area contributed by atoms with Gasteiger partial charge in [0.25, 0.3) is 0 Å². The summed E-state index contributed by atoms with van der Waals surface area (Å²) in [5.41, 5.74) is 6.65. The zero-order valence-electron chi connectivity index (χ0n) is 9.23. The molecule has 1 aromatic heterocycles. The second-order valence-electron chi connectivity index (χ2n) is 3.64. The molecule has 2 rings (SSSR count). The minimum absolute atomic E-state index is 0.0643. The second-order valence-corrected chi connectivity index (χ2v) is 4.51. The molecule has 0 aliphatic heterocycles. The number of carbonyl (C=O) groups excluding carboxylic acids is 1. The smallest absolute Gasteiger partial charge is 0.246 e. The van der Waals surface area contributed by atoms with Crippen molar-refractivity contribution in [1.82, 2.24) is 9.78 Å². The first-order chi connectivity index (χ1) is 8.54. The largest absolute Gasteiger partial charge is 0.397 e. The summed E-state index contributed by atoms with van der Waals surface area (Å²) >= 11 is 11.5. The molecule has 0 bridgehead atoms. The van der Waals surface area contributed by atoms with E-state index in [2.05, 4.69) is 10.4 Å². The first-order valence-electron chi connectivity index (χ1n) is 5.07. The SMILES string of the molecule is Nc1cc(Cl)ccc1NC(=O)Cn1cc(Cl)cn1. The van der Waals surface area contributed by atoms with Gasteiger partial charge in [-0.2, -0.15) is 5.10 Å². The summed E-state index contributed by atoms with van der Waals surface area (Å²) in [5, 5.41) is 7.57. The van der Waals surface area contributed by atoms with Crippen molar-refractivity contribution >= 4 is 40.5 Å². The Bertz CT molecular complexity index is 582. The predicted octanol–water partition coefficient (Wildman–Crippen LogP) is 2.41. The number of halogens is 2. The van der Waals surface area contributed by atoms with Crippen LogP contribution in [-0.2, 0) is 11.3 Å². The van der Waals surface area contributed by atoms with E-state index >= 15 is 0 Å². The number of benzene rings is 1. The Labute approximate surface area is 113 Å². The maximum atomic E-state index is 11.7. The van der Waals surface area contributed by atoms with Crippen molar-refractivity contribution in [2.45, 2.75) is 6.54 Å². The van der Waals surface area contributed by atoms with E-state index in [0.717, 1.165) is 0 Å². The monoisotopic (exact) mass is 284 g/mol. The van der Waals surface area contributed by atoms with E-state index in [1.807, 2.05) is 0 Å². The number of anilines is 2. The van der Waals surface area contributed by atoms with E-state index in [4.69, 9.17) is 28.9 Å². The van der Waals surface area contributed by atoms with Crippen LogP contribution in [0.4, 0.5) is 11.4 Å². The molecule has 0 fully saturated rings.